The number of likely N-dealkylation sites (tertiary alicyclic amines) is 1. The summed E-state index contributed by atoms with van der Waals surface area (Å²) in [6.07, 6.45) is 2.05. The lowest BCUT2D eigenvalue weighted by Crippen LogP contribution is -2.42. The highest BCUT2D eigenvalue weighted by Gasteiger charge is 2.23. The van der Waals surface area contributed by atoms with Crippen LogP contribution in [0.2, 0.25) is 0 Å². The minimum atomic E-state index is -0.372. The van der Waals surface area contributed by atoms with Crippen LogP contribution in [0.4, 0.5) is 4.39 Å². The standard InChI is InChI=1S/C13H17FN2O/c14-12-5-1-4-11(7-12)13(17)16-6-2-3-10(8-15)9-16/h1,4-5,7,10H,2-3,6,8-9,15H2. The lowest BCUT2D eigenvalue weighted by molar-refractivity contribution is 0.0677. The molecule has 0 aromatic heterocycles. The third kappa shape index (κ3) is 2.82. The molecule has 3 nitrogen and oxygen atoms in total. The van der Waals surface area contributed by atoms with Gasteiger partial charge in [0.05, 0.1) is 0 Å². The quantitative estimate of drug-likeness (QED) is 0.848. The molecule has 1 fully saturated rings. The first-order valence-corrected chi connectivity index (χ1v) is 5.95. The Kier molecular flexibility index (Phi) is 3.74. The van der Waals surface area contributed by atoms with Crippen molar-refractivity contribution in [2.24, 2.45) is 11.7 Å². The molecule has 92 valence electrons. The van der Waals surface area contributed by atoms with Gasteiger partial charge in [-0.05, 0) is 43.5 Å². The van der Waals surface area contributed by atoms with Gasteiger partial charge in [0, 0.05) is 18.7 Å². The normalized spacial score (nSPS) is 20.4. The van der Waals surface area contributed by atoms with Crippen LogP contribution >= 0.6 is 0 Å². The summed E-state index contributed by atoms with van der Waals surface area (Å²) in [6.45, 7) is 2.03. The molecular weight excluding hydrogens is 219 g/mol. The molecule has 1 aromatic carbocycles. The Bertz CT molecular complexity index is 408. The molecule has 1 aliphatic rings. The number of nitrogens with zero attached hydrogens (tertiary/aromatic N) is 1. The maximum atomic E-state index is 13.0. The molecule has 0 aliphatic carbocycles. The number of halogens is 1. The molecule has 1 atom stereocenters. The number of hydrogen-bond donors (Lipinski definition) is 1. The van der Waals surface area contributed by atoms with Gasteiger partial charge in [-0.1, -0.05) is 6.07 Å². The van der Waals surface area contributed by atoms with Crippen molar-refractivity contribution in [3.63, 3.8) is 0 Å². The van der Waals surface area contributed by atoms with Crippen molar-refractivity contribution in [2.75, 3.05) is 19.6 Å². The van der Waals surface area contributed by atoms with E-state index in [0.717, 1.165) is 19.4 Å². The van der Waals surface area contributed by atoms with Gasteiger partial charge in [0.2, 0.25) is 0 Å². The first kappa shape index (κ1) is 12.0. The van der Waals surface area contributed by atoms with E-state index in [0.29, 0.717) is 24.6 Å². The van der Waals surface area contributed by atoms with Gasteiger partial charge in [-0.15, -0.1) is 0 Å². The van der Waals surface area contributed by atoms with Gasteiger partial charge in [0.15, 0.2) is 0 Å². The number of hydrogen-bond acceptors (Lipinski definition) is 2. The average molecular weight is 236 g/mol. The van der Waals surface area contributed by atoms with E-state index in [2.05, 4.69) is 0 Å². The van der Waals surface area contributed by atoms with E-state index < -0.39 is 0 Å². The van der Waals surface area contributed by atoms with E-state index in [-0.39, 0.29) is 11.7 Å². The SMILES string of the molecule is NCC1CCCN(C(=O)c2cccc(F)c2)C1. The van der Waals surface area contributed by atoms with E-state index in [4.69, 9.17) is 5.73 Å². The molecule has 1 aliphatic heterocycles. The molecule has 17 heavy (non-hydrogen) atoms. The molecule has 0 spiro atoms. The fourth-order valence-electron chi connectivity index (χ4n) is 2.25. The Balaban J connectivity index is 2.09. The maximum absolute atomic E-state index is 13.0. The van der Waals surface area contributed by atoms with Crippen LogP contribution in [0.25, 0.3) is 0 Å². The predicted octanol–water partition coefficient (Wildman–Crippen LogP) is 1.64. The second-order valence-corrected chi connectivity index (χ2v) is 4.51. The molecule has 2 N–H and O–H groups in total. The Labute approximate surface area is 100 Å². The molecule has 4 heteroatoms. The van der Waals surface area contributed by atoms with Crippen molar-refractivity contribution in [3.8, 4) is 0 Å². The van der Waals surface area contributed by atoms with E-state index >= 15 is 0 Å². The Morgan fingerprint density at radius 1 is 1.53 bits per heavy atom. The summed E-state index contributed by atoms with van der Waals surface area (Å²) in [4.78, 5) is 13.9. The molecule has 0 saturated carbocycles. The molecular formula is C13H17FN2O. The summed E-state index contributed by atoms with van der Waals surface area (Å²) in [5.41, 5.74) is 6.05. The third-order valence-corrected chi connectivity index (χ3v) is 3.21. The molecule has 1 amide bonds. The van der Waals surface area contributed by atoms with Crippen LogP contribution in [0.3, 0.4) is 0 Å². The number of carbonyl (C=O) groups is 1. The number of amides is 1. The summed E-state index contributed by atoms with van der Waals surface area (Å²) >= 11 is 0. The number of benzene rings is 1. The fourth-order valence-corrected chi connectivity index (χ4v) is 2.25. The van der Waals surface area contributed by atoms with E-state index in [9.17, 15) is 9.18 Å². The molecule has 1 saturated heterocycles. The topological polar surface area (TPSA) is 46.3 Å². The van der Waals surface area contributed by atoms with E-state index in [1.807, 2.05) is 0 Å². The lowest BCUT2D eigenvalue weighted by atomic mass is 9.97. The highest BCUT2D eigenvalue weighted by molar-refractivity contribution is 5.94. The Morgan fingerprint density at radius 3 is 3.06 bits per heavy atom. The minimum Gasteiger partial charge on any atom is -0.338 e. The summed E-state index contributed by atoms with van der Waals surface area (Å²) in [5, 5.41) is 0. The Morgan fingerprint density at radius 2 is 2.35 bits per heavy atom. The van der Waals surface area contributed by atoms with Crippen LogP contribution < -0.4 is 5.73 Å². The van der Waals surface area contributed by atoms with Gasteiger partial charge < -0.3 is 10.6 Å². The van der Waals surface area contributed by atoms with Gasteiger partial charge in [0.25, 0.3) is 5.91 Å². The predicted molar refractivity (Wildman–Crippen MR) is 64.1 cm³/mol. The van der Waals surface area contributed by atoms with Gasteiger partial charge >= 0.3 is 0 Å². The van der Waals surface area contributed by atoms with Crippen molar-refractivity contribution in [2.45, 2.75) is 12.8 Å². The molecule has 2 rings (SSSR count). The second kappa shape index (κ2) is 5.27. The largest absolute Gasteiger partial charge is 0.338 e. The monoisotopic (exact) mass is 236 g/mol. The smallest absolute Gasteiger partial charge is 0.253 e. The van der Waals surface area contributed by atoms with Gasteiger partial charge in [-0.3, -0.25) is 4.79 Å². The van der Waals surface area contributed by atoms with Crippen LogP contribution in [-0.4, -0.2) is 30.4 Å². The number of nitrogens with two attached hydrogens (primary N) is 1. The van der Waals surface area contributed by atoms with Crippen LogP contribution in [-0.2, 0) is 0 Å². The zero-order valence-corrected chi connectivity index (χ0v) is 9.73. The van der Waals surface area contributed by atoms with Gasteiger partial charge in [-0.25, -0.2) is 4.39 Å². The van der Waals surface area contributed by atoms with E-state index in [1.54, 1.807) is 17.0 Å². The van der Waals surface area contributed by atoms with Crippen LogP contribution in [0.15, 0.2) is 24.3 Å². The van der Waals surface area contributed by atoms with Crippen molar-refractivity contribution in [1.82, 2.24) is 4.90 Å². The van der Waals surface area contributed by atoms with E-state index in [1.165, 1.54) is 12.1 Å². The molecule has 1 unspecified atom stereocenters. The zero-order chi connectivity index (χ0) is 12.3. The van der Waals surface area contributed by atoms with Crippen molar-refractivity contribution in [1.29, 1.82) is 0 Å². The highest BCUT2D eigenvalue weighted by atomic mass is 19.1. The number of piperidine rings is 1. The minimum absolute atomic E-state index is 0.0948. The first-order chi connectivity index (χ1) is 8.20. The first-order valence-electron chi connectivity index (χ1n) is 5.95. The third-order valence-electron chi connectivity index (χ3n) is 3.21. The van der Waals surface area contributed by atoms with Crippen molar-refractivity contribution in [3.05, 3.63) is 35.6 Å². The van der Waals surface area contributed by atoms with Crippen LogP contribution in [0, 0.1) is 11.7 Å². The van der Waals surface area contributed by atoms with Crippen LogP contribution in [0.5, 0.6) is 0 Å². The summed E-state index contributed by atoms with van der Waals surface area (Å²) in [5.74, 6) is -0.0906. The number of carbonyl (C=O) groups excluding carboxylic acids is 1. The number of rotatable bonds is 2. The average Bonchev–Trinajstić information content (AvgIpc) is 2.38. The van der Waals surface area contributed by atoms with Crippen molar-refractivity contribution < 1.29 is 9.18 Å². The van der Waals surface area contributed by atoms with Gasteiger partial charge in [0.1, 0.15) is 5.82 Å². The maximum Gasteiger partial charge on any atom is 0.253 e. The van der Waals surface area contributed by atoms with Gasteiger partial charge in [-0.2, -0.15) is 0 Å². The summed E-state index contributed by atoms with van der Waals surface area (Å²) < 4.78 is 13.0. The highest BCUT2D eigenvalue weighted by Crippen LogP contribution is 2.18. The van der Waals surface area contributed by atoms with Crippen LogP contribution in [0.1, 0.15) is 23.2 Å². The summed E-state index contributed by atoms with van der Waals surface area (Å²) in [7, 11) is 0. The molecule has 0 radical (unpaired) electrons. The lowest BCUT2D eigenvalue weighted by Gasteiger charge is -2.32. The molecule has 1 aromatic rings. The van der Waals surface area contributed by atoms with Crippen molar-refractivity contribution >= 4 is 5.91 Å². The summed E-state index contributed by atoms with van der Waals surface area (Å²) in [6, 6.07) is 5.84. The second-order valence-electron chi connectivity index (χ2n) is 4.51. The molecule has 1 heterocycles. The fraction of sp³-hybridized carbons (Fsp3) is 0.462. The molecule has 0 bridgehead atoms. The zero-order valence-electron chi connectivity index (χ0n) is 9.73. The Hall–Kier alpha value is -1.42.